The Bertz CT molecular complexity index is 3190. The van der Waals surface area contributed by atoms with Gasteiger partial charge in [0.1, 0.15) is 0 Å². The van der Waals surface area contributed by atoms with Crippen molar-refractivity contribution < 1.29 is 6.85 Å². The van der Waals surface area contributed by atoms with Gasteiger partial charge in [-0.3, -0.25) is 0 Å². The van der Waals surface area contributed by atoms with E-state index in [1.165, 1.54) is 96.8 Å². The average molecular weight is 1140 g/mol. The molecule has 85 heavy (non-hydrogen) atoms. The molecule has 0 N–H and O–H groups in total. The number of hydrogen-bond donors (Lipinski definition) is 0. The average Bonchev–Trinajstić information content (AvgIpc) is 0.927. The van der Waals surface area contributed by atoms with Gasteiger partial charge < -0.3 is 0 Å². The maximum absolute atomic E-state index is 7.31. The molecule has 0 aromatic heterocycles. The summed E-state index contributed by atoms with van der Waals surface area (Å²) >= 11 is 0. The standard InChI is InChI=1S/C11H16.3C10H14.3C8H10.2C7H8.C6H14/c1-9-7-5-6-8-10(9)11(2,3)4;1-8(2)10-6-4-9(3)5-7-10;1-8(2)10-6-4-5-9(3)7-10;1-8(2)10-7-5-4-6-9(10)3;1-7-3-5-8(2)6-4-7;1-7-4-3-5-8(2)6-7;1-7-5-3-4-6-8(7)2;2*1-7-5-3-2-4-6-7;1-5-6(2,3)4/h5-8H,1-4H3;3*4-8H,1-3H3;3*3-6H,1-2H3;2*2-6H,1H3;5H2,1-4H3/i;;;;;;;2D,3D,4D,5D,6D;;. The highest BCUT2D eigenvalue weighted by Crippen LogP contribution is 2.25. The van der Waals surface area contributed by atoms with Crippen LogP contribution in [-0.4, -0.2) is 0 Å². The van der Waals surface area contributed by atoms with Gasteiger partial charge >= 0.3 is 0 Å². The van der Waals surface area contributed by atoms with E-state index in [0.29, 0.717) is 28.7 Å². The molecule has 0 spiro atoms. The van der Waals surface area contributed by atoms with Gasteiger partial charge in [0.05, 0.1) is 6.85 Å². The Hall–Kier alpha value is -7.02. The first-order chi connectivity index (χ1) is 41.9. The molecule has 0 amide bonds. The van der Waals surface area contributed by atoms with Gasteiger partial charge in [-0.05, 0) is 156 Å². The van der Waals surface area contributed by atoms with Gasteiger partial charge in [-0.25, -0.2) is 0 Å². The van der Waals surface area contributed by atoms with E-state index in [4.69, 9.17) is 6.85 Å². The maximum Gasteiger partial charge on any atom is 0.0625 e. The van der Waals surface area contributed by atoms with Crippen LogP contribution in [0.1, 0.15) is 210 Å². The molecule has 9 rings (SSSR count). The van der Waals surface area contributed by atoms with Crippen LogP contribution in [0.2, 0.25) is 0 Å². The van der Waals surface area contributed by atoms with Crippen molar-refractivity contribution in [2.24, 2.45) is 5.41 Å². The number of hydrogen-bond acceptors (Lipinski definition) is 0. The molecule has 0 saturated heterocycles. The van der Waals surface area contributed by atoms with Crippen LogP contribution in [0.25, 0.3) is 0 Å². The Kier molecular flexibility index (Phi) is 35.3. The quantitative estimate of drug-likeness (QED) is 0.165. The second-order valence-corrected chi connectivity index (χ2v) is 25.4. The highest BCUT2D eigenvalue weighted by molar-refractivity contribution is 5.32. The van der Waals surface area contributed by atoms with E-state index in [0.717, 1.165) is 0 Å². The van der Waals surface area contributed by atoms with E-state index in [2.05, 4.69) is 348 Å². The summed E-state index contributed by atoms with van der Waals surface area (Å²) in [5.74, 6) is 1.96. The van der Waals surface area contributed by atoms with Crippen LogP contribution in [-0.2, 0) is 5.41 Å². The van der Waals surface area contributed by atoms with E-state index in [9.17, 15) is 0 Å². The molecule has 0 fully saturated rings. The second kappa shape index (κ2) is 43.6. The molecule has 0 heteroatoms. The first-order valence-electron chi connectivity index (χ1n) is 33.3. The molecule has 0 aliphatic heterocycles. The highest BCUT2D eigenvalue weighted by Gasteiger charge is 2.14. The maximum atomic E-state index is 7.31. The molecule has 9 aromatic rings. The predicted octanol–water partition coefficient (Wildman–Crippen LogP) is 26.0. The minimum atomic E-state index is -0.337. The molecule has 458 valence electrons. The zero-order valence-corrected chi connectivity index (χ0v) is 58.0. The summed E-state index contributed by atoms with van der Waals surface area (Å²) in [6.07, 6.45) is 1.27. The molecule has 9 aromatic carbocycles. The lowest BCUT2D eigenvalue weighted by Crippen LogP contribution is -2.12. The lowest BCUT2D eigenvalue weighted by molar-refractivity contribution is 0.398. The molecule has 0 heterocycles. The van der Waals surface area contributed by atoms with Crippen molar-refractivity contribution in [2.45, 2.75) is 203 Å². The molecule has 0 aliphatic rings. The van der Waals surface area contributed by atoms with Crippen molar-refractivity contribution in [3.8, 4) is 0 Å². The highest BCUT2D eigenvalue weighted by atomic mass is 14.2. The van der Waals surface area contributed by atoms with E-state index < -0.39 is 0 Å². The number of aryl methyl sites for hydroxylation is 11. The Balaban J connectivity index is 0.000000983. The molecular formula is C85H118. The largest absolute Gasteiger partial charge is 0.0649 e. The second-order valence-electron chi connectivity index (χ2n) is 25.4. The number of rotatable bonds is 3. The van der Waals surface area contributed by atoms with Crippen LogP contribution in [0.4, 0.5) is 0 Å². The van der Waals surface area contributed by atoms with Crippen LogP contribution in [0.15, 0.2) is 230 Å². The summed E-state index contributed by atoms with van der Waals surface area (Å²) in [4.78, 5) is 0. The van der Waals surface area contributed by atoms with Crippen molar-refractivity contribution in [2.75, 3.05) is 0 Å². The summed E-state index contributed by atoms with van der Waals surface area (Å²) < 4.78 is 36.3. The minimum Gasteiger partial charge on any atom is -0.0649 e. The van der Waals surface area contributed by atoms with Crippen molar-refractivity contribution in [3.63, 3.8) is 0 Å². The van der Waals surface area contributed by atoms with Crippen LogP contribution in [0.5, 0.6) is 0 Å². The molecular weight excluding hydrogens is 1020 g/mol. The summed E-state index contributed by atoms with van der Waals surface area (Å²) in [7, 11) is 0. The van der Waals surface area contributed by atoms with Gasteiger partial charge in [0.15, 0.2) is 0 Å². The van der Waals surface area contributed by atoms with E-state index in [-0.39, 0.29) is 35.6 Å². The summed E-state index contributed by atoms with van der Waals surface area (Å²) in [6.45, 7) is 53.8. The van der Waals surface area contributed by atoms with Gasteiger partial charge in [-0.15, -0.1) is 0 Å². The molecule has 0 atom stereocenters. The van der Waals surface area contributed by atoms with Crippen LogP contribution < -0.4 is 0 Å². The normalized spacial score (nSPS) is 10.9. The SMILES string of the molecule is CCC(C)(C)C.Cc1ccc(C(C)C)cc1.Cc1ccc(C)cc1.Cc1cccc(C(C)C)c1.Cc1cccc(C)c1.Cc1ccccc1.Cc1ccccc1C.Cc1ccccc1C(C)(C)C.Cc1ccccc1C(C)C.[2H]c1c([2H])c([2H])c(C)c([2H])c1[2H]. The summed E-state index contributed by atoms with van der Waals surface area (Å²) in [5, 5.41) is 0. The Morgan fingerprint density at radius 1 is 0.306 bits per heavy atom. The van der Waals surface area contributed by atoms with Gasteiger partial charge in [0.2, 0.25) is 0 Å². The first kappa shape index (κ1) is 68.8. The van der Waals surface area contributed by atoms with E-state index in [1.54, 1.807) is 0 Å². The fraction of sp³-hybridized carbons (Fsp3) is 0.365. The van der Waals surface area contributed by atoms with E-state index in [1.807, 2.05) is 18.2 Å². The third-order valence-corrected chi connectivity index (χ3v) is 13.7. The Labute approximate surface area is 531 Å². The van der Waals surface area contributed by atoms with Gasteiger partial charge in [0.25, 0.3) is 0 Å². The summed E-state index contributed by atoms with van der Waals surface area (Å²) in [5.41, 5.74) is 21.7. The van der Waals surface area contributed by atoms with Crippen molar-refractivity contribution in [1.82, 2.24) is 0 Å². The molecule has 0 saturated carbocycles. The molecule has 0 unspecified atom stereocenters. The lowest BCUT2D eigenvalue weighted by Gasteiger charge is -2.21. The lowest BCUT2D eigenvalue weighted by atomic mass is 9.84. The fourth-order valence-electron chi connectivity index (χ4n) is 7.58. The molecule has 0 bridgehead atoms. The molecule has 0 radical (unpaired) electrons. The zero-order valence-electron chi connectivity index (χ0n) is 63.0. The third kappa shape index (κ3) is 40.8. The summed E-state index contributed by atoms with van der Waals surface area (Å²) in [6, 6.07) is 68.9. The van der Waals surface area contributed by atoms with Crippen LogP contribution in [0, 0.1) is 88.5 Å². The Morgan fingerprint density at radius 2 is 0.647 bits per heavy atom. The van der Waals surface area contributed by atoms with Crippen molar-refractivity contribution in [1.29, 1.82) is 0 Å². The monoisotopic (exact) mass is 1140 g/mol. The van der Waals surface area contributed by atoms with Gasteiger partial charge in [-0.1, -0.05) is 371 Å². The van der Waals surface area contributed by atoms with Crippen LogP contribution in [0.3, 0.4) is 0 Å². The van der Waals surface area contributed by atoms with E-state index >= 15 is 0 Å². The topological polar surface area (TPSA) is 0 Å². The van der Waals surface area contributed by atoms with Crippen molar-refractivity contribution >= 4 is 0 Å². The zero-order chi connectivity index (χ0) is 68.9. The van der Waals surface area contributed by atoms with Crippen LogP contribution >= 0.6 is 0 Å². The van der Waals surface area contributed by atoms with Crippen molar-refractivity contribution in [3.05, 3.63) is 319 Å². The molecule has 0 nitrogen and oxygen atoms in total. The van der Waals surface area contributed by atoms with Gasteiger partial charge in [-0.2, -0.15) is 0 Å². The number of benzene rings is 9. The molecule has 0 aliphatic carbocycles. The predicted molar refractivity (Wildman–Crippen MR) is 386 cm³/mol. The fourth-order valence-corrected chi connectivity index (χ4v) is 7.58. The third-order valence-electron chi connectivity index (χ3n) is 13.7. The Morgan fingerprint density at radius 3 is 0.929 bits per heavy atom. The van der Waals surface area contributed by atoms with Gasteiger partial charge in [0, 0.05) is 0 Å². The minimum absolute atomic E-state index is 0.124. The first-order valence-corrected chi connectivity index (χ1v) is 30.8. The smallest absolute Gasteiger partial charge is 0.0625 e.